The molecule has 0 radical (unpaired) electrons. The molecule has 2 rings (SSSR count). The molecular weight excluding hydrogens is 220 g/mol. The van der Waals surface area contributed by atoms with Gasteiger partial charge in [-0.15, -0.1) is 5.10 Å². The molecule has 6 nitrogen and oxygen atoms in total. The number of aromatic carboxylic acids is 1. The van der Waals surface area contributed by atoms with Crippen LogP contribution < -0.4 is 5.73 Å². The van der Waals surface area contributed by atoms with Crippen LogP contribution in [0.4, 0.5) is 0 Å². The van der Waals surface area contributed by atoms with Crippen LogP contribution in [0.25, 0.3) is 0 Å². The van der Waals surface area contributed by atoms with Crippen molar-refractivity contribution in [1.82, 2.24) is 15.0 Å². The summed E-state index contributed by atoms with van der Waals surface area (Å²) in [6, 6.07) is 0.163. The van der Waals surface area contributed by atoms with Gasteiger partial charge in [0.25, 0.3) is 0 Å². The van der Waals surface area contributed by atoms with Crippen molar-refractivity contribution in [2.75, 3.05) is 0 Å². The van der Waals surface area contributed by atoms with E-state index >= 15 is 0 Å². The molecule has 0 saturated heterocycles. The molecule has 3 N–H and O–H groups in total. The fraction of sp³-hybridized carbons (Fsp3) is 0.727. The average molecular weight is 238 g/mol. The Labute approximate surface area is 99.8 Å². The zero-order chi connectivity index (χ0) is 12.3. The molecule has 0 aliphatic heterocycles. The lowest BCUT2D eigenvalue weighted by atomic mass is 10.1. The number of carboxylic acids is 1. The highest BCUT2D eigenvalue weighted by Gasteiger charge is 2.24. The third kappa shape index (κ3) is 2.46. The number of hydrogen-bond acceptors (Lipinski definition) is 4. The maximum atomic E-state index is 11.2. The Bertz CT molecular complexity index is 394. The lowest BCUT2D eigenvalue weighted by molar-refractivity contribution is 0.0678. The van der Waals surface area contributed by atoms with Crippen LogP contribution in [0.5, 0.6) is 0 Å². The zero-order valence-electron chi connectivity index (χ0n) is 9.80. The lowest BCUT2D eigenvalue weighted by Gasteiger charge is -2.15. The summed E-state index contributed by atoms with van der Waals surface area (Å²) in [4.78, 5) is 11.2. The zero-order valence-corrected chi connectivity index (χ0v) is 9.80. The summed E-state index contributed by atoms with van der Waals surface area (Å²) in [6.45, 7) is 0.119. The predicted molar refractivity (Wildman–Crippen MR) is 61.6 cm³/mol. The number of carboxylic acid groups (broad SMARTS) is 1. The molecule has 0 aromatic carbocycles. The van der Waals surface area contributed by atoms with Gasteiger partial charge in [0.15, 0.2) is 5.69 Å². The molecule has 1 saturated carbocycles. The molecule has 94 valence electrons. The van der Waals surface area contributed by atoms with E-state index in [9.17, 15) is 9.90 Å². The molecule has 1 heterocycles. The Hall–Kier alpha value is -1.43. The minimum atomic E-state index is -0.986. The first-order valence-electron chi connectivity index (χ1n) is 6.11. The van der Waals surface area contributed by atoms with E-state index in [2.05, 4.69) is 10.3 Å². The van der Waals surface area contributed by atoms with Gasteiger partial charge in [0.05, 0.1) is 6.04 Å². The lowest BCUT2D eigenvalue weighted by Crippen LogP contribution is -2.18. The second-order valence-corrected chi connectivity index (χ2v) is 4.48. The minimum Gasteiger partial charge on any atom is -0.476 e. The number of nitrogens with zero attached hydrogens (tertiary/aromatic N) is 3. The summed E-state index contributed by atoms with van der Waals surface area (Å²) in [7, 11) is 0. The number of nitrogens with two attached hydrogens (primary N) is 1. The van der Waals surface area contributed by atoms with Gasteiger partial charge in [0, 0.05) is 6.54 Å². The molecule has 1 aromatic rings. The van der Waals surface area contributed by atoms with Crippen LogP contribution in [0.2, 0.25) is 0 Å². The third-order valence-electron chi connectivity index (χ3n) is 3.33. The monoisotopic (exact) mass is 238 g/mol. The summed E-state index contributed by atoms with van der Waals surface area (Å²) >= 11 is 0. The van der Waals surface area contributed by atoms with Crippen LogP contribution >= 0.6 is 0 Å². The number of carbonyl (C=O) groups is 1. The number of rotatable bonds is 3. The Morgan fingerprint density at radius 3 is 2.53 bits per heavy atom. The normalized spacial score (nSPS) is 17.9. The molecule has 1 aromatic heterocycles. The maximum absolute atomic E-state index is 11.2. The highest BCUT2D eigenvalue weighted by Crippen LogP contribution is 2.27. The van der Waals surface area contributed by atoms with Crippen LogP contribution in [-0.4, -0.2) is 26.1 Å². The van der Waals surface area contributed by atoms with Crippen molar-refractivity contribution in [2.45, 2.75) is 51.1 Å². The van der Waals surface area contributed by atoms with Gasteiger partial charge in [0.2, 0.25) is 0 Å². The Balaban J connectivity index is 2.30. The Morgan fingerprint density at radius 1 is 1.35 bits per heavy atom. The quantitative estimate of drug-likeness (QED) is 0.775. The minimum absolute atomic E-state index is 0.119. The molecule has 0 amide bonds. The molecule has 0 atom stereocenters. The van der Waals surface area contributed by atoms with Gasteiger partial charge in [0.1, 0.15) is 5.69 Å². The van der Waals surface area contributed by atoms with Crippen molar-refractivity contribution >= 4 is 5.97 Å². The van der Waals surface area contributed by atoms with Gasteiger partial charge >= 0.3 is 5.97 Å². The molecule has 0 spiro atoms. The second-order valence-electron chi connectivity index (χ2n) is 4.48. The summed E-state index contributed by atoms with van der Waals surface area (Å²) in [5.41, 5.74) is 6.03. The molecule has 0 unspecified atom stereocenters. The first-order chi connectivity index (χ1) is 8.24. The van der Waals surface area contributed by atoms with Crippen LogP contribution in [-0.2, 0) is 6.54 Å². The molecule has 1 fully saturated rings. The van der Waals surface area contributed by atoms with E-state index < -0.39 is 5.97 Å². The van der Waals surface area contributed by atoms with E-state index in [4.69, 9.17) is 5.73 Å². The molecule has 17 heavy (non-hydrogen) atoms. The molecular formula is C11H18N4O2. The molecule has 0 bridgehead atoms. The Kier molecular flexibility index (Phi) is 3.73. The van der Waals surface area contributed by atoms with Crippen molar-refractivity contribution in [2.24, 2.45) is 5.73 Å². The van der Waals surface area contributed by atoms with Gasteiger partial charge in [-0.05, 0) is 12.8 Å². The standard InChI is InChI=1S/C11H18N4O2/c12-7-9-10(11(16)17)15(14-13-9)8-5-3-1-2-4-6-8/h8H,1-7,12H2,(H,16,17). The number of aromatic nitrogens is 3. The molecule has 6 heteroatoms. The van der Waals surface area contributed by atoms with Crippen molar-refractivity contribution in [3.8, 4) is 0 Å². The fourth-order valence-corrected chi connectivity index (χ4v) is 2.44. The van der Waals surface area contributed by atoms with Crippen LogP contribution in [0.3, 0.4) is 0 Å². The predicted octanol–water partition coefficient (Wildman–Crippen LogP) is 1.33. The summed E-state index contributed by atoms with van der Waals surface area (Å²) in [5, 5.41) is 17.1. The molecule has 1 aliphatic rings. The van der Waals surface area contributed by atoms with Gasteiger partial charge < -0.3 is 10.8 Å². The number of hydrogen-bond donors (Lipinski definition) is 2. The first kappa shape index (κ1) is 12.0. The third-order valence-corrected chi connectivity index (χ3v) is 3.33. The van der Waals surface area contributed by atoms with Crippen molar-refractivity contribution in [3.63, 3.8) is 0 Å². The van der Waals surface area contributed by atoms with Crippen LogP contribution in [0, 0.1) is 0 Å². The van der Waals surface area contributed by atoms with Crippen molar-refractivity contribution < 1.29 is 9.90 Å². The van der Waals surface area contributed by atoms with Crippen LogP contribution in [0.1, 0.15) is 60.7 Å². The van der Waals surface area contributed by atoms with Gasteiger partial charge in [-0.1, -0.05) is 30.9 Å². The van der Waals surface area contributed by atoms with E-state index in [1.54, 1.807) is 4.68 Å². The topological polar surface area (TPSA) is 94.0 Å². The first-order valence-corrected chi connectivity index (χ1v) is 6.11. The summed E-state index contributed by atoms with van der Waals surface area (Å²) in [5.74, 6) is -0.986. The van der Waals surface area contributed by atoms with Crippen LogP contribution in [0.15, 0.2) is 0 Å². The van der Waals surface area contributed by atoms with Crippen molar-refractivity contribution in [3.05, 3.63) is 11.4 Å². The van der Waals surface area contributed by atoms with Gasteiger partial charge in [-0.2, -0.15) is 0 Å². The smallest absolute Gasteiger partial charge is 0.356 e. The van der Waals surface area contributed by atoms with Gasteiger partial charge in [-0.3, -0.25) is 0 Å². The maximum Gasteiger partial charge on any atom is 0.356 e. The van der Waals surface area contributed by atoms with Crippen molar-refractivity contribution in [1.29, 1.82) is 0 Å². The van der Waals surface area contributed by atoms with E-state index in [-0.39, 0.29) is 18.3 Å². The largest absolute Gasteiger partial charge is 0.476 e. The second kappa shape index (κ2) is 5.27. The highest BCUT2D eigenvalue weighted by atomic mass is 16.4. The fourth-order valence-electron chi connectivity index (χ4n) is 2.44. The average Bonchev–Trinajstić information content (AvgIpc) is 2.56. The van der Waals surface area contributed by atoms with E-state index in [0.29, 0.717) is 5.69 Å². The van der Waals surface area contributed by atoms with Gasteiger partial charge in [-0.25, -0.2) is 9.48 Å². The van der Waals surface area contributed by atoms with E-state index in [0.717, 1.165) is 25.7 Å². The SMILES string of the molecule is NCc1nnn(C2CCCCCC2)c1C(=O)O. The highest BCUT2D eigenvalue weighted by molar-refractivity contribution is 5.86. The summed E-state index contributed by atoms with van der Waals surface area (Å²) < 4.78 is 1.57. The van der Waals surface area contributed by atoms with E-state index in [1.165, 1.54) is 12.8 Å². The Morgan fingerprint density at radius 2 is 2.00 bits per heavy atom. The van der Waals surface area contributed by atoms with E-state index in [1.807, 2.05) is 0 Å². The molecule has 1 aliphatic carbocycles. The summed E-state index contributed by atoms with van der Waals surface area (Å²) in [6.07, 6.45) is 6.65.